The number of hydrogen-bond donors (Lipinski definition) is 2. The van der Waals surface area contributed by atoms with Crippen molar-refractivity contribution >= 4 is 21.5 Å². The smallest absolute Gasteiger partial charge is 0.118 e. The molecule has 0 unspecified atom stereocenters. The Labute approximate surface area is 121 Å². The SMILES string of the molecule is O[C@H]1[C@H]2O[C@H]2c2cc3ccc4ccccc4c3cc2[C@@H]1O. The van der Waals surface area contributed by atoms with E-state index in [1.165, 1.54) is 10.8 Å². The Morgan fingerprint density at radius 2 is 1.62 bits per heavy atom. The van der Waals surface area contributed by atoms with Crippen molar-refractivity contribution in [3.05, 3.63) is 59.7 Å². The first-order valence-electron chi connectivity index (χ1n) is 7.21. The minimum atomic E-state index is -0.868. The molecule has 1 saturated heterocycles. The van der Waals surface area contributed by atoms with E-state index in [1.807, 2.05) is 18.2 Å². The van der Waals surface area contributed by atoms with Gasteiger partial charge in [0.25, 0.3) is 0 Å². The summed E-state index contributed by atoms with van der Waals surface area (Å²) in [5.41, 5.74) is 1.81. The highest BCUT2D eigenvalue weighted by Crippen LogP contribution is 2.51. The van der Waals surface area contributed by atoms with Gasteiger partial charge in [-0.3, -0.25) is 0 Å². The van der Waals surface area contributed by atoms with Crippen LogP contribution < -0.4 is 0 Å². The van der Waals surface area contributed by atoms with E-state index in [4.69, 9.17) is 4.74 Å². The molecular formula is C18H14O3. The molecule has 3 aromatic carbocycles. The standard InChI is InChI=1S/C18H14O3/c19-15-13-8-12-10(6-5-9-3-1-2-4-11(9)12)7-14(13)17-18(21-17)16(15)20/h1-8,15-20H/t15-,16+,17-,18+/m0/s1. The minimum Gasteiger partial charge on any atom is -0.387 e. The summed E-state index contributed by atoms with van der Waals surface area (Å²) in [4.78, 5) is 0. The molecule has 0 spiro atoms. The zero-order valence-electron chi connectivity index (χ0n) is 11.2. The fraction of sp³-hybridized carbons (Fsp3) is 0.222. The van der Waals surface area contributed by atoms with Crippen molar-refractivity contribution in [2.24, 2.45) is 0 Å². The normalized spacial score (nSPS) is 30.2. The van der Waals surface area contributed by atoms with E-state index in [1.54, 1.807) is 0 Å². The summed E-state index contributed by atoms with van der Waals surface area (Å²) in [6.45, 7) is 0. The van der Waals surface area contributed by atoms with Gasteiger partial charge in [-0.2, -0.15) is 0 Å². The van der Waals surface area contributed by atoms with Crippen LogP contribution in [-0.4, -0.2) is 22.4 Å². The van der Waals surface area contributed by atoms with Gasteiger partial charge in [0, 0.05) is 0 Å². The summed E-state index contributed by atoms with van der Waals surface area (Å²) in [5.74, 6) is 0. The molecule has 3 nitrogen and oxygen atoms in total. The van der Waals surface area contributed by atoms with Crippen LogP contribution in [0.25, 0.3) is 21.5 Å². The maximum Gasteiger partial charge on any atom is 0.118 e. The number of benzene rings is 3. The summed E-state index contributed by atoms with van der Waals surface area (Å²) in [6.07, 6.45) is -2.00. The summed E-state index contributed by atoms with van der Waals surface area (Å²) in [6, 6.07) is 16.5. The summed E-state index contributed by atoms with van der Waals surface area (Å²) in [7, 11) is 0. The predicted octanol–water partition coefficient (Wildman–Crippen LogP) is 2.84. The first-order valence-corrected chi connectivity index (χ1v) is 7.21. The van der Waals surface area contributed by atoms with Crippen LogP contribution in [0.2, 0.25) is 0 Å². The third-order valence-electron chi connectivity index (χ3n) is 4.76. The van der Waals surface area contributed by atoms with Crippen LogP contribution in [0.5, 0.6) is 0 Å². The fourth-order valence-corrected chi connectivity index (χ4v) is 3.59. The van der Waals surface area contributed by atoms with Crippen molar-refractivity contribution < 1.29 is 14.9 Å². The Bertz CT molecular complexity index is 886. The molecule has 0 radical (unpaired) electrons. The van der Waals surface area contributed by atoms with Crippen molar-refractivity contribution in [1.29, 1.82) is 0 Å². The first-order chi connectivity index (χ1) is 10.2. The van der Waals surface area contributed by atoms with Crippen molar-refractivity contribution in [2.75, 3.05) is 0 Å². The summed E-state index contributed by atoms with van der Waals surface area (Å²) < 4.78 is 5.51. The summed E-state index contributed by atoms with van der Waals surface area (Å²) >= 11 is 0. The second-order valence-electron chi connectivity index (χ2n) is 5.95. The second kappa shape index (κ2) is 3.83. The molecule has 1 aliphatic heterocycles. The van der Waals surface area contributed by atoms with Gasteiger partial charge < -0.3 is 14.9 Å². The van der Waals surface area contributed by atoms with Crippen molar-refractivity contribution in [3.8, 4) is 0 Å². The van der Waals surface area contributed by atoms with Crippen molar-refractivity contribution in [3.63, 3.8) is 0 Å². The van der Waals surface area contributed by atoms with Gasteiger partial charge in [0.15, 0.2) is 0 Å². The highest BCUT2D eigenvalue weighted by atomic mass is 16.6. The van der Waals surface area contributed by atoms with Crippen LogP contribution in [0.15, 0.2) is 48.5 Å². The predicted molar refractivity (Wildman–Crippen MR) is 80.0 cm³/mol. The Morgan fingerprint density at radius 3 is 2.52 bits per heavy atom. The molecule has 3 heteroatoms. The lowest BCUT2D eigenvalue weighted by molar-refractivity contribution is 0.0000752. The molecule has 2 aliphatic rings. The molecular weight excluding hydrogens is 264 g/mol. The van der Waals surface area contributed by atoms with Crippen molar-refractivity contribution in [1.82, 2.24) is 0 Å². The van der Waals surface area contributed by atoms with E-state index in [9.17, 15) is 10.2 Å². The maximum absolute atomic E-state index is 10.3. The van der Waals surface area contributed by atoms with Crippen LogP contribution in [-0.2, 0) is 4.74 Å². The van der Waals surface area contributed by atoms with Gasteiger partial charge in [-0.15, -0.1) is 0 Å². The largest absolute Gasteiger partial charge is 0.387 e. The molecule has 1 aliphatic carbocycles. The number of rotatable bonds is 0. The van der Waals surface area contributed by atoms with E-state index in [0.29, 0.717) is 0 Å². The zero-order chi connectivity index (χ0) is 14.1. The number of hydrogen-bond acceptors (Lipinski definition) is 3. The molecule has 4 atom stereocenters. The van der Waals surface area contributed by atoms with E-state index in [0.717, 1.165) is 21.9 Å². The molecule has 0 aromatic heterocycles. The monoisotopic (exact) mass is 278 g/mol. The lowest BCUT2D eigenvalue weighted by Gasteiger charge is -2.24. The van der Waals surface area contributed by atoms with Crippen LogP contribution in [0.4, 0.5) is 0 Å². The first kappa shape index (κ1) is 11.7. The van der Waals surface area contributed by atoms with E-state index in [2.05, 4.69) is 30.3 Å². The van der Waals surface area contributed by atoms with Crippen molar-refractivity contribution in [2.45, 2.75) is 24.4 Å². The highest BCUT2D eigenvalue weighted by molar-refractivity contribution is 6.08. The number of aliphatic hydroxyl groups excluding tert-OH is 2. The third-order valence-corrected chi connectivity index (χ3v) is 4.76. The Morgan fingerprint density at radius 1 is 0.810 bits per heavy atom. The molecule has 0 saturated carbocycles. The van der Waals surface area contributed by atoms with Crippen LogP contribution in [0, 0.1) is 0 Å². The minimum absolute atomic E-state index is 0.0609. The van der Waals surface area contributed by atoms with Gasteiger partial charge in [-0.05, 0) is 44.8 Å². The quantitative estimate of drug-likeness (QED) is 0.491. The fourth-order valence-electron chi connectivity index (χ4n) is 3.59. The molecule has 104 valence electrons. The Balaban J connectivity index is 1.87. The maximum atomic E-state index is 10.3. The molecule has 21 heavy (non-hydrogen) atoms. The average Bonchev–Trinajstić information content (AvgIpc) is 3.32. The number of epoxide rings is 1. The number of ether oxygens (including phenoxy) is 1. The topological polar surface area (TPSA) is 53.0 Å². The average molecular weight is 278 g/mol. The van der Waals surface area contributed by atoms with Gasteiger partial charge in [-0.25, -0.2) is 0 Å². The summed E-state index contributed by atoms with van der Waals surface area (Å²) in [5, 5.41) is 25.0. The van der Waals surface area contributed by atoms with E-state index >= 15 is 0 Å². The van der Waals surface area contributed by atoms with E-state index < -0.39 is 12.2 Å². The second-order valence-corrected chi connectivity index (χ2v) is 5.95. The van der Waals surface area contributed by atoms with Gasteiger partial charge in [0.2, 0.25) is 0 Å². The lowest BCUT2D eigenvalue weighted by Crippen LogP contribution is -2.28. The highest BCUT2D eigenvalue weighted by Gasteiger charge is 2.53. The Hall–Kier alpha value is -1.94. The zero-order valence-corrected chi connectivity index (χ0v) is 11.2. The molecule has 5 rings (SSSR count). The van der Waals surface area contributed by atoms with Crippen LogP contribution >= 0.6 is 0 Å². The van der Waals surface area contributed by atoms with Gasteiger partial charge in [0.1, 0.15) is 24.4 Å². The molecule has 0 amide bonds. The van der Waals surface area contributed by atoms with E-state index in [-0.39, 0.29) is 12.2 Å². The number of fused-ring (bicyclic) bond motifs is 6. The van der Waals surface area contributed by atoms with Gasteiger partial charge in [-0.1, -0.05) is 36.4 Å². The van der Waals surface area contributed by atoms with Crippen LogP contribution in [0.3, 0.4) is 0 Å². The lowest BCUT2D eigenvalue weighted by atomic mass is 9.85. The third kappa shape index (κ3) is 1.48. The van der Waals surface area contributed by atoms with Crippen LogP contribution in [0.1, 0.15) is 23.3 Å². The molecule has 3 aromatic rings. The molecule has 2 N–H and O–H groups in total. The molecule has 1 fully saturated rings. The van der Waals surface area contributed by atoms with Gasteiger partial charge in [0.05, 0.1) is 0 Å². The number of aliphatic hydroxyl groups is 2. The Kier molecular flexibility index (Phi) is 2.13. The molecule has 1 heterocycles. The van der Waals surface area contributed by atoms with Gasteiger partial charge >= 0.3 is 0 Å². The molecule has 0 bridgehead atoms.